The molecular formula is C24H31N3O6S. The summed E-state index contributed by atoms with van der Waals surface area (Å²) in [6.07, 6.45) is 1.16. The number of carbonyl (C=O) groups is 2. The van der Waals surface area contributed by atoms with E-state index in [1.54, 1.807) is 36.4 Å². The van der Waals surface area contributed by atoms with E-state index < -0.39 is 10.0 Å². The molecule has 9 nitrogen and oxygen atoms in total. The van der Waals surface area contributed by atoms with Gasteiger partial charge in [-0.1, -0.05) is 19.1 Å². The summed E-state index contributed by atoms with van der Waals surface area (Å²) in [7, 11) is -2.17. The average Bonchev–Trinajstić information content (AvgIpc) is 2.86. The molecule has 0 spiro atoms. The predicted molar refractivity (Wildman–Crippen MR) is 129 cm³/mol. The van der Waals surface area contributed by atoms with Crippen LogP contribution in [0.25, 0.3) is 0 Å². The second-order valence-electron chi connectivity index (χ2n) is 7.84. The minimum Gasteiger partial charge on any atom is -0.496 e. The predicted octanol–water partition coefficient (Wildman–Crippen LogP) is 2.43. The minimum absolute atomic E-state index is 0.0856. The maximum Gasteiger partial charge on any atom is 0.253 e. The van der Waals surface area contributed by atoms with Gasteiger partial charge >= 0.3 is 0 Å². The summed E-state index contributed by atoms with van der Waals surface area (Å²) < 4.78 is 38.0. The van der Waals surface area contributed by atoms with E-state index in [0.29, 0.717) is 55.4 Å². The second-order valence-corrected chi connectivity index (χ2v) is 9.78. The monoisotopic (exact) mass is 489 g/mol. The van der Waals surface area contributed by atoms with Crippen molar-refractivity contribution in [3.05, 3.63) is 53.6 Å². The lowest BCUT2D eigenvalue weighted by atomic mass is 10.1. The van der Waals surface area contributed by atoms with Gasteiger partial charge in [0.1, 0.15) is 5.75 Å². The van der Waals surface area contributed by atoms with E-state index in [1.807, 2.05) is 6.92 Å². The van der Waals surface area contributed by atoms with Crippen LogP contribution < -0.4 is 15.4 Å². The Kier molecular flexibility index (Phi) is 9.03. The number of methoxy groups -OCH3 is 1. The Morgan fingerprint density at radius 2 is 1.85 bits per heavy atom. The smallest absolute Gasteiger partial charge is 0.253 e. The Balaban J connectivity index is 1.71. The Bertz CT molecular complexity index is 1110. The molecule has 2 N–H and O–H groups in total. The molecule has 1 aliphatic rings. The third-order valence-corrected chi connectivity index (χ3v) is 7.36. The van der Waals surface area contributed by atoms with Crippen molar-refractivity contribution in [3.8, 4) is 5.75 Å². The highest BCUT2D eigenvalue weighted by Crippen LogP contribution is 2.26. The quantitative estimate of drug-likeness (QED) is 0.530. The summed E-state index contributed by atoms with van der Waals surface area (Å²) in [4.78, 5) is 25.2. The lowest BCUT2D eigenvalue weighted by Crippen LogP contribution is -2.40. The van der Waals surface area contributed by atoms with Gasteiger partial charge in [0, 0.05) is 26.1 Å². The summed E-state index contributed by atoms with van der Waals surface area (Å²) in [5.41, 5.74) is 1.43. The molecule has 0 unspecified atom stereocenters. The van der Waals surface area contributed by atoms with Gasteiger partial charge < -0.3 is 20.1 Å². The standard InChI is InChI=1S/C24H31N3O6S/c1-3-12-25-24(29)20-6-4-5-7-21(20)26-23(28)11-8-18-17-19(9-10-22(18)32-2)34(30,31)27-13-15-33-16-14-27/h4-7,9-10,17H,3,8,11-16H2,1-2H3,(H,25,29)(H,26,28). The van der Waals surface area contributed by atoms with Gasteiger partial charge in [0.2, 0.25) is 15.9 Å². The number of hydrogen-bond donors (Lipinski definition) is 2. The van der Waals surface area contributed by atoms with Crippen molar-refractivity contribution in [2.75, 3.05) is 45.3 Å². The first kappa shape index (κ1) is 25.7. The molecule has 1 heterocycles. The fraction of sp³-hybridized carbons (Fsp3) is 0.417. The zero-order valence-electron chi connectivity index (χ0n) is 19.5. The van der Waals surface area contributed by atoms with E-state index >= 15 is 0 Å². The summed E-state index contributed by atoms with van der Waals surface area (Å²) in [5, 5.41) is 5.60. The average molecular weight is 490 g/mol. The van der Waals surface area contributed by atoms with Crippen LogP contribution in [-0.4, -0.2) is 64.5 Å². The van der Waals surface area contributed by atoms with Gasteiger partial charge in [-0.2, -0.15) is 4.31 Å². The molecule has 3 rings (SSSR count). The summed E-state index contributed by atoms with van der Waals surface area (Å²) in [6.45, 7) is 3.84. The Morgan fingerprint density at radius 1 is 1.12 bits per heavy atom. The fourth-order valence-electron chi connectivity index (χ4n) is 3.63. The molecule has 10 heteroatoms. The number of amides is 2. The summed E-state index contributed by atoms with van der Waals surface area (Å²) in [6, 6.07) is 11.5. The van der Waals surface area contributed by atoms with Crippen LogP contribution in [0.3, 0.4) is 0 Å². The van der Waals surface area contributed by atoms with Gasteiger partial charge in [0.25, 0.3) is 5.91 Å². The molecule has 0 saturated carbocycles. The van der Waals surface area contributed by atoms with E-state index in [0.717, 1.165) is 6.42 Å². The van der Waals surface area contributed by atoms with Crippen LogP contribution in [0.2, 0.25) is 0 Å². The zero-order valence-corrected chi connectivity index (χ0v) is 20.3. The number of morpholine rings is 1. The number of benzene rings is 2. The van der Waals surface area contributed by atoms with Gasteiger partial charge in [0.05, 0.1) is 36.5 Å². The van der Waals surface area contributed by atoms with E-state index in [-0.39, 0.29) is 29.6 Å². The molecule has 184 valence electrons. The number of para-hydroxylation sites is 1. The second kappa shape index (κ2) is 12.0. The maximum absolute atomic E-state index is 13.0. The number of nitrogens with zero attached hydrogens (tertiary/aromatic N) is 1. The van der Waals surface area contributed by atoms with Gasteiger partial charge in [-0.15, -0.1) is 0 Å². The van der Waals surface area contributed by atoms with Crippen LogP contribution in [0.15, 0.2) is 47.4 Å². The first-order valence-electron chi connectivity index (χ1n) is 11.3. The van der Waals surface area contributed by atoms with E-state index in [1.165, 1.54) is 17.5 Å². The number of sulfonamides is 1. The number of ether oxygens (including phenoxy) is 2. The van der Waals surface area contributed by atoms with Gasteiger partial charge in [0.15, 0.2) is 0 Å². The first-order valence-corrected chi connectivity index (χ1v) is 12.7. The third kappa shape index (κ3) is 6.34. The molecule has 0 aliphatic carbocycles. The molecule has 0 atom stereocenters. The highest BCUT2D eigenvalue weighted by molar-refractivity contribution is 7.89. The van der Waals surface area contributed by atoms with Crippen LogP contribution in [0, 0.1) is 0 Å². The number of aryl methyl sites for hydroxylation is 1. The first-order chi connectivity index (χ1) is 16.4. The van der Waals surface area contributed by atoms with Gasteiger partial charge in [-0.25, -0.2) is 8.42 Å². The largest absolute Gasteiger partial charge is 0.496 e. The minimum atomic E-state index is -3.67. The molecule has 2 aromatic carbocycles. The Labute approximate surface area is 200 Å². The molecule has 0 radical (unpaired) electrons. The van der Waals surface area contributed by atoms with E-state index in [4.69, 9.17) is 9.47 Å². The van der Waals surface area contributed by atoms with Crippen molar-refractivity contribution < 1.29 is 27.5 Å². The number of anilines is 1. The molecule has 2 aromatic rings. The van der Waals surface area contributed by atoms with Crippen molar-refractivity contribution in [2.45, 2.75) is 31.1 Å². The van der Waals surface area contributed by atoms with Crippen LogP contribution in [0.1, 0.15) is 35.7 Å². The summed E-state index contributed by atoms with van der Waals surface area (Å²) in [5.74, 6) is -0.0345. The highest BCUT2D eigenvalue weighted by atomic mass is 32.2. The number of hydrogen-bond acceptors (Lipinski definition) is 6. The van der Waals surface area contributed by atoms with Crippen LogP contribution in [-0.2, 0) is 26.0 Å². The molecule has 1 fully saturated rings. The Morgan fingerprint density at radius 3 is 2.56 bits per heavy atom. The van der Waals surface area contributed by atoms with E-state index in [9.17, 15) is 18.0 Å². The summed E-state index contributed by atoms with van der Waals surface area (Å²) >= 11 is 0. The lowest BCUT2D eigenvalue weighted by molar-refractivity contribution is -0.116. The lowest BCUT2D eigenvalue weighted by Gasteiger charge is -2.26. The van der Waals surface area contributed by atoms with Crippen LogP contribution in [0.4, 0.5) is 5.69 Å². The number of rotatable bonds is 10. The van der Waals surface area contributed by atoms with Crippen molar-refractivity contribution in [1.82, 2.24) is 9.62 Å². The maximum atomic E-state index is 13.0. The van der Waals surface area contributed by atoms with Crippen LogP contribution in [0.5, 0.6) is 5.75 Å². The highest BCUT2D eigenvalue weighted by Gasteiger charge is 2.27. The molecular weight excluding hydrogens is 458 g/mol. The molecule has 1 saturated heterocycles. The SMILES string of the molecule is CCCNC(=O)c1ccccc1NC(=O)CCc1cc(S(=O)(=O)N2CCOCC2)ccc1OC. The number of nitrogens with one attached hydrogen (secondary N) is 2. The molecule has 2 amide bonds. The van der Waals surface area contributed by atoms with Crippen molar-refractivity contribution >= 4 is 27.5 Å². The zero-order chi connectivity index (χ0) is 24.6. The molecule has 0 bridgehead atoms. The topological polar surface area (TPSA) is 114 Å². The van der Waals surface area contributed by atoms with Crippen molar-refractivity contribution in [3.63, 3.8) is 0 Å². The molecule has 0 aromatic heterocycles. The van der Waals surface area contributed by atoms with E-state index in [2.05, 4.69) is 10.6 Å². The normalized spacial score (nSPS) is 14.4. The van der Waals surface area contributed by atoms with Crippen molar-refractivity contribution in [1.29, 1.82) is 0 Å². The molecule has 1 aliphatic heterocycles. The van der Waals surface area contributed by atoms with Gasteiger partial charge in [-0.3, -0.25) is 9.59 Å². The van der Waals surface area contributed by atoms with Crippen molar-refractivity contribution in [2.24, 2.45) is 0 Å². The fourth-order valence-corrected chi connectivity index (χ4v) is 5.09. The Hall–Kier alpha value is -2.95. The number of carbonyl (C=O) groups excluding carboxylic acids is 2. The van der Waals surface area contributed by atoms with Crippen LogP contribution >= 0.6 is 0 Å². The molecule has 34 heavy (non-hydrogen) atoms. The van der Waals surface area contributed by atoms with Gasteiger partial charge in [-0.05, 0) is 48.7 Å². The third-order valence-electron chi connectivity index (χ3n) is 5.46.